The summed E-state index contributed by atoms with van der Waals surface area (Å²) in [5.74, 6) is -0.179. The average molecular weight is 423 g/mol. The molecule has 4 rings (SSSR count). The van der Waals surface area contributed by atoms with E-state index >= 15 is 0 Å². The highest BCUT2D eigenvalue weighted by Crippen LogP contribution is 2.27. The van der Waals surface area contributed by atoms with Gasteiger partial charge in [0.15, 0.2) is 0 Å². The molecular weight excluding hydrogens is 404 g/mol. The zero-order valence-electron chi connectivity index (χ0n) is 16.4. The summed E-state index contributed by atoms with van der Waals surface area (Å²) < 4.78 is 2.90. The fourth-order valence-electron chi connectivity index (χ4n) is 3.58. The van der Waals surface area contributed by atoms with Crippen molar-refractivity contribution < 1.29 is 4.79 Å². The molecule has 1 amide bonds. The summed E-state index contributed by atoms with van der Waals surface area (Å²) in [6.07, 6.45) is 0. The lowest BCUT2D eigenvalue weighted by Gasteiger charge is -2.15. The van der Waals surface area contributed by atoms with Gasteiger partial charge in [-0.25, -0.2) is 0 Å². The Bertz CT molecular complexity index is 1400. The van der Waals surface area contributed by atoms with Crippen molar-refractivity contribution in [3.63, 3.8) is 0 Å². The van der Waals surface area contributed by atoms with Gasteiger partial charge >= 0.3 is 0 Å². The Labute approximate surface area is 176 Å². The first-order valence-electron chi connectivity index (χ1n) is 9.28. The van der Waals surface area contributed by atoms with E-state index in [0.29, 0.717) is 32.9 Å². The molecule has 7 nitrogen and oxygen atoms in total. The van der Waals surface area contributed by atoms with Crippen LogP contribution in [0.25, 0.3) is 22.2 Å². The number of rotatable bonds is 4. The van der Waals surface area contributed by atoms with Gasteiger partial charge in [0, 0.05) is 36.3 Å². The maximum absolute atomic E-state index is 13.0. The summed E-state index contributed by atoms with van der Waals surface area (Å²) in [6.45, 7) is 1.66. The second-order valence-corrected chi connectivity index (χ2v) is 7.51. The van der Waals surface area contributed by atoms with Crippen molar-refractivity contribution in [3.8, 4) is 11.3 Å². The molecule has 0 saturated heterocycles. The molecular formula is C22H19ClN4O3. The molecule has 0 bridgehead atoms. The third kappa shape index (κ3) is 3.67. The number of hydrogen-bond donors (Lipinski definition) is 2. The highest BCUT2D eigenvalue weighted by atomic mass is 35.5. The molecule has 0 radical (unpaired) electrons. The summed E-state index contributed by atoms with van der Waals surface area (Å²) in [4.78, 5) is 37.2. The lowest BCUT2D eigenvalue weighted by atomic mass is 10.1. The van der Waals surface area contributed by atoms with Crippen LogP contribution in [0, 0.1) is 0 Å². The molecule has 2 heterocycles. The zero-order valence-corrected chi connectivity index (χ0v) is 17.2. The smallest absolute Gasteiger partial charge is 0.276 e. The van der Waals surface area contributed by atoms with Crippen LogP contribution in [0.15, 0.2) is 64.2 Å². The number of amides is 1. The predicted octanol–water partition coefficient (Wildman–Crippen LogP) is 3.36. The predicted molar refractivity (Wildman–Crippen MR) is 118 cm³/mol. The van der Waals surface area contributed by atoms with Gasteiger partial charge in [-0.05, 0) is 29.8 Å². The van der Waals surface area contributed by atoms with Crippen LogP contribution in [0.1, 0.15) is 12.5 Å². The number of aromatic nitrogens is 3. The quantitative estimate of drug-likeness (QED) is 0.528. The van der Waals surface area contributed by atoms with Crippen molar-refractivity contribution in [2.24, 2.45) is 7.05 Å². The highest BCUT2D eigenvalue weighted by Gasteiger charge is 2.18. The van der Waals surface area contributed by atoms with Crippen molar-refractivity contribution >= 4 is 34.1 Å². The number of aryl methyl sites for hydroxylation is 1. The topological polar surface area (TPSA) is 88.9 Å². The number of carbonyl (C=O) groups is 1. The monoisotopic (exact) mass is 422 g/mol. The molecule has 8 heteroatoms. The Morgan fingerprint density at radius 3 is 2.60 bits per heavy atom. The van der Waals surface area contributed by atoms with Gasteiger partial charge in [0.2, 0.25) is 5.91 Å². The molecule has 2 aromatic carbocycles. The number of aromatic amines is 1. The lowest BCUT2D eigenvalue weighted by molar-refractivity contribution is -0.114. The minimum Gasteiger partial charge on any atom is -0.326 e. The van der Waals surface area contributed by atoms with Gasteiger partial charge in [-0.2, -0.15) is 0 Å². The van der Waals surface area contributed by atoms with Gasteiger partial charge < -0.3 is 9.88 Å². The van der Waals surface area contributed by atoms with E-state index in [-0.39, 0.29) is 23.6 Å². The molecule has 0 aliphatic carbocycles. The minimum absolute atomic E-state index is 0.179. The highest BCUT2D eigenvalue weighted by molar-refractivity contribution is 6.30. The second kappa shape index (κ2) is 7.68. The van der Waals surface area contributed by atoms with Crippen LogP contribution in [0.5, 0.6) is 0 Å². The van der Waals surface area contributed by atoms with E-state index in [0.717, 1.165) is 5.56 Å². The first-order valence-corrected chi connectivity index (χ1v) is 9.66. The van der Waals surface area contributed by atoms with Crippen molar-refractivity contribution in [1.29, 1.82) is 0 Å². The Morgan fingerprint density at radius 2 is 1.87 bits per heavy atom. The van der Waals surface area contributed by atoms with E-state index in [4.69, 9.17) is 11.6 Å². The number of anilines is 1. The van der Waals surface area contributed by atoms with Gasteiger partial charge in [0.25, 0.3) is 11.1 Å². The maximum atomic E-state index is 13.0. The summed E-state index contributed by atoms with van der Waals surface area (Å²) in [5.41, 5.74) is 2.57. The van der Waals surface area contributed by atoms with Gasteiger partial charge in [-0.15, -0.1) is 0 Å². The Balaban J connectivity index is 1.96. The van der Waals surface area contributed by atoms with Crippen LogP contribution in [0.3, 0.4) is 0 Å². The molecule has 0 atom stereocenters. The minimum atomic E-state index is -0.260. The normalized spacial score (nSPS) is 11.0. The number of nitrogens with zero attached hydrogens (tertiary/aromatic N) is 2. The first kappa shape index (κ1) is 19.7. The molecule has 0 saturated carbocycles. The van der Waals surface area contributed by atoms with E-state index in [1.165, 1.54) is 17.7 Å². The molecule has 2 aromatic heterocycles. The Morgan fingerprint density at radius 1 is 1.10 bits per heavy atom. The van der Waals surface area contributed by atoms with E-state index in [1.807, 2.05) is 12.1 Å². The average Bonchev–Trinajstić information content (AvgIpc) is 2.95. The third-order valence-electron chi connectivity index (χ3n) is 4.80. The standard InChI is InChI=1S/C22H19ClN4O3/c1-13(28)24-17-8-3-5-14(9-17)12-27-19(29)11-18-20(22(30)26(2)25-18)21(27)15-6-4-7-16(23)10-15/h3-11,25H,12H2,1-2H3,(H,24,28). The lowest BCUT2D eigenvalue weighted by Crippen LogP contribution is -2.23. The van der Waals surface area contributed by atoms with Crippen LogP contribution >= 0.6 is 11.6 Å². The molecule has 0 aliphatic rings. The summed E-state index contributed by atoms with van der Waals surface area (Å²) in [7, 11) is 1.61. The SMILES string of the molecule is CC(=O)Nc1cccc(Cn2c(-c3cccc(Cl)c3)c3c(=O)n(C)[nH]c3cc2=O)c1. The fourth-order valence-corrected chi connectivity index (χ4v) is 3.77. The second-order valence-electron chi connectivity index (χ2n) is 7.07. The number of hydrogen-bond acceptors (Lipinski definition) is 3. The van der Waals surface area contributed by atoms with Crippen molar-refractivity contribution in [1.82, 2.24) is 14.3 Å². The number of nitrogens with one attached hydrogen (secondary N) is 2. The number of H-pyrrole nitrogens is 1. The van der Waals surface area contributed by atoms with Crippen LogP contribution in [-0.2, 0) is 18.4 Å². The van der Waals surface area contributed by atoms with Crippen LogP contribution in [0.2, 0.25) is 5.02 Å². The Hall–Kier alpha value is -3.58. The van der Waals surface area contributed by atoms with Crippen LogP contribution < -0.4 is 16.4 Å². The van der Waals surface area contributed by atoms with Gasteiger partial charge in [-0.3, -0.25) is 24.2 Å². The van der Waals surface area contributed by atoms with Gasteiger partial charge in [0.05, 0.1) is 23.1 Å². The molecule has 0 unspecified atom stereocenters. The number of fused-ring (bicyclic) bond motifs is 1. The molecule has 0 spiro atoms. The first-order chi connectivity index (χ1) is 14.3. The van der Waals surface area contributed by atoms with E-state index in [9.17, 15) is 14.4 Å². The number of benzene rings is 2. The molecule has 152 valence electrons. The molecule has 2 N–H and O–H groups in total. The van der Waals surface area contributed by atoms with Crippen LogP contribution in [-0.4, -0.2) is 20.3 Å². The number of pyridine rings is 1. The van der Waals surface area contributed by atoms with Crippen molar-refractivity contribution in [2.75, 3.05) is 5.32 Å². The summed E-state index contributed by atoms with van der Waals surface area (Å²) in [6, 6.07) is 15.7. The van der Waals surface area contributed by atoms with Gasteiger partial charge in [-0.1, -0.05) is 35.9 Å². The summed E-state index contributed by atoms with van der Waals surface area (Å²) in [5, 5.41) is 6.58. The maximum Gasteiger partial charge on any atom is 0.276 e. The molecule has 4 aromatic rings. The van der Waals surface area contributed by atoms with E-state index < -0.39 is 0 Å². The van der Waals surface area contributed by atoms with Crippen LogP contribution in [0.4, 0.5) is 5.69 Å². The van der Waals surface area contributed by atoms with Gasteiger partial charge in [0.1, 0.15) is 0 Å². The van der Waals surface area contributed by atoms with Crippen molar-refractivity contribution in [2.45, 2.75) is 13.5 Å². The summed E-state index contributed by atoms with van der Waals surface area (Å²) >= 11 is 6.19. The molecule has 0 fully saturated rings. The van der Waals surface area contributed by atoms with E-state index in [2.05, 4.69) is 10.4 Å². The van der Waals surface area contributed by atoms with Crippen molar-refractivity contribution in [3.05, 3.63) is 85.9 Å². The fraction of sp³-hybridized carbons (Fsp3) is 0.136. The molecule has 0 aliphatic heterocycles. The zero-order chi connectivity index (χ0) is 21.4. The third-order valence-corrected chi connectivity index (χ3v) is 5.04. The molecule has 30 heavy (non-hydrogen) atoms. The number of halogens is 1. The largest absolute Gasteiger partial charge is 0.326 e. The number of carbonyl (C=O) groups excluding carboxylic acids is 1. The Kier molecular flexibility index (Phi) is 5.05. The van der Waals surface area contributed by atoms with E-state index in [1.54, 1.807) is 48.0 Å².